The van der Waals surface area contributed by atoms with Crippen molar-refractivity contribution in [3.63, 3.8) is 0 Å². The van der Waals surface area contributed by atoms with Crippen molar-refractivity contribution >= 4 is 40.0 Å². The number of benzene rings is 1. The number of hydrogen-bond donors (Lipinski definition) is 1. The number of thioether (sulfide) groups is 1. The topological polar surface area (TPSA) is 95.3 Å². The monoisotopic (exact) mass is 460 g/mol. The van der Waals surface area contributed by atoms with E-state index < -0.39 is 5.97 Å². The summed E-state index contributed by atoms with van der Waals surface area (Å²) >= 11 is 2.65. The van der Waals surface area contributed by atoms with Crippen LogP contribution in [0.4, 0.5) is 5.00 Å². The average molecular weight is 461 g/mol. The molecule has 0 fully saturated rings. The Balaban J connectivity index is 1.62. The van der Waals surface area contributed by atoms with Crippen molar-refractivity contribution in [1.29, 1.82) is 0 Å². The van der Waals surface area contributed by atoms with Crippen molar-refractivity contribution in [3.8, 4) is 5.75 Å². The molecule has 164 valence electrons. The summed E-state index contributed by atoms with van der Waals surface area (Å²) in [6.07, 6.45) is 0.622. The molecule has 0 spiro atoms. The molecular formula is C21H24N4O4S2. The summed E-state index contributed by atoms with van der Waals surface area (Å²) < 4.78 is 11.9. The number of amides is 1. The first-order valence-corrected chi connectivity index (χ1v) is 11.3. The Labute approximate surface area is 189 Å². The fourth-order valence-corrected chi connectivity index (χ4v) is 4.70. The molecule has 8 nitrogen and oxygen atoms in total. The first-order chi connectivity index (χ1) is 14.8. The molecule has 1 N–H and O–H groups in total. The zero-order chi connectivity index (χ0) is 22.5. The van der Waals surface area contributed by atoms with Crippen LogP contribution in [0.5, 0.6) is 5.75 Å². The number of thiophene rings is 1. The SMILES string of the molecule is COC(=O)c1c(NC(=O)CSc2nnc(Cc3ccc(OC)cc3)n2C)sc(C)c1C. The van der Waals surface area contributed by atoms with Crippen LogP contribution in [0.15, 0.2) is 29.4 Å². The van der Waals surface area contributed by atoms with Crippen LogP contribution < -0.4 is 10.1 Å². The predicted molar refractivity (Wildman–Crippen MR) is 121 cm³/mol. The molecule has 2 aromatic heterocycles. The van der Waals surface area contributed by atoms with E-state index >= 15 is 0 Å². The van der Waals surface area contributed by atoms with E-state index in [0.717, 1.165) is 27.6 Å². The standard InChI is InChI=1S/C21H24N4O4S2/c1-12-13(2)31-19(18(12)20(27)29-5)22-17(26)11-30-21-24-23-16(25(21)3)10-14-6-8-15(28-4)9-7-14/h6-9H,10-11H2,1-5H3,(H,22,26). The minimum absolute atomic E-state index is 0.144. The Morgan fingerprint density at radius 1 is 1.16 bits per heavy atom. The smallest absolute Gasteiger partial charge is 0.341 e. The minimum atomic E-state index is -0.457. The number of nitrogens with one attached hydrogen (secondary N) is 1. The molecule has 3 rings (SSSR count). The lowest BCUT2D eigenvalue weighted by atomic mass is 10.1. The Morgan fingerprint density at radius 3 is 2.52 bits per heavy atom. The van der Waals surface area contributed by atoms with Crippen LogP contribution in [0.25, 0.3) is 0 Å². The fourth-order valence-electron chi connectivity index (χ4n) is 2.91. The summed E-state index contributed by atoms with van der Waals surface area (Å²) in [5.74, 6) is 1.06. The van der Waals surface area contributed by atoms with E-state index in [0.29, 0.717) is 22.1 Å². The van der Waals surface area contributed by atoms with Gasteiger partial charge in [-0.2, -0.15) is 0 Å². The molecule has 10 heteroatoms. The van der Waals surface area contributed by atoms with Gasteiger partial charge in [0, 0.05) is 18.3 Å². The number of carbonyl (C=O) groups excluding carboxylic acids is 2. The first-order valence-electron chi connectivity index (χ1n) is 9.46. The maximum absolute atomic E-state index is 12.5. The normalized spacial score (nSPS) is 10.7. The van der Waals surface area contributed by atoms with Gasteiger partial charge in [0.15, 0.2) is 5.16 Å². The quantitative estimate of drug-likeness (QED) is 0.405. The largest absolute Gasteiger partial charge is 0.497 e. The molecule has 0 aliphatic heterocycles. The van der Waals surface area contributed by atoms with Crippen molar-refractivity contribution in [2.45, 2.75) is 25.4 Å². The number of rotatable bonds is 8. The number of aryl methyl sites for hydroxylation is 1. The second-order valence-electron chi connectivity index (χ2n) is 6.80. The highest BCUT2D eigenvalue weighted by Crippen LogP contribution is 2.33. The molecule has 0 bridgehead atoms. The molecule has 2 heterocycles. The van der Waals surface area contributed by atoms with Gasteiger partial charge in [-0.1, -0.05) is 23.9 Å². The van der Waals surface area contributed by atoms with E-state index in [1.165, 1.54) is 30.2 Å². The zero-order valence-corrected chi connectivity index (χ0v) is 19.6. The van der Waals surface area contributed by atoms with Gasteiger partial charge in [0.25, 0.3) is 0 Å². The summed E-state index contributed by atoms with van der Waals surface area (Å²) in [5, 5.41) is 12.4. The van der Waals surface area contributed by atoms with Gasteiger partial charge in [-0.15, -0.1) is 21.5 Å². The third-order valence-electron chi connectivity index (χ3n) is 4.81. The number of methoxy groups -OCH3 is 2. The van der Waals surface area contributed by atoms with E-state index in [2.05, 4.69) is 15.5 Å². The van der Waals surface area contributed by atoms with E-state index in [1.807, 2.05) is 49.7 Å². The van der Waals surface area contributed by atoms with Gasteiger partial charge >= 0.3 is 5.97 Å². The van der Waals surface area contributed by atoms with Crippen molar-refractivity contribution in [2.75, 3.05) is 25.3 Å². The summed E-state index contributed by atoms with van der Waals surface area (Å²) in [6.45, 7) is 3.74. The summed E-state index contributed by atoms with van der Waals surface area (Å²) in [5.41, 5.74) is 2.31. The zero-order valence-electron chi connectivity index (χ0n) is 18.0. The lowest BCUT2D eigenvalue weighted by molar-refractivity contribution is -0.113. The van der Waals surface area contributed by atoms with Gasteiger partial charge in [0.1, 0.15) is 16.6 Å². The summed E-state index contributed by atoms with van der Waals surface area (Å²) in [6, 6.07) is 7.78. The molecular weight excluding hydrogens is 436 g/mol. The van der Waals surface area contributed by atoms with Gasteiger partial charge in [-0.25, -0.2) is 4.79 Å². The highest BCUT2D eigenvalue weighted by atomic mass is 32.2. The van der Waals surface area contributed by atoms with Crippen molar-refractivity contribution in [1.82, 2.24) is 14.8 Å². The number of nitrogens with zero attached hydrogens (tertiary/aromatic N) is 3. The Kier molecular flexibility index (Phi) is 7.34. The van der Waals surface area contributed by atoms with Crippen molar-refractivity contribution < 1.29 is 19.1 Å². The molecule has 0 aliphatic rings. The minimum Gasteiger partial charge on any atom is -0.497 e. The van der Waals surface area contributed by atoms with Crippen LogP contribution in [0.3, 0.4) is 0 Å². The molecule has 1 aromatic carbocycles. The van der Waals surface area contributed by atoms with E-state index in [9.17, 15) is 9.59 Å². The lowest BCUT2D eigenvalue weighted by Crippen LogP contribution is -2.16. The molecule has 1 amide bonds. The van der Waals surface area contributed by atoms with Gasteiger partial charge in [0.05, 0.1) is 25.5 Å². The number of carbonyl (C=O) groups is 2. The van der Waals surface area contributed by atoms with E-state index in [4.69, 9.17) is 9.47 Å². The molecule has 0 saturated heterocycles. The van der Waals surface area contributed by atoms with Crippen LogP contribution in [0, 0.1) is 13.8 Å². The van der Waals surface area contributed by atoms with Crippen molar-refractivity contribution in [2.24, 2.45) is 7.05 Å². The maximum Gasteiger partial charge on any atom is 0.341 e. The molecule has 3 aromatic rings. The second-order valence-corrected chi connectivity index (χ2v) is 8.97. The van der Waals surface area contributed by atoms with Crippen LogP contribution in [0.1, 0.15) is 32.2 Å². The van der Waals surface area contributed by atoms with Gasteiger partial charge in [-0.05, 0) is 37.1 Å². The average Bonchev–Trinajstić information content (AvgIpc) is 3.25. The predicted octanol–water partition coefficient (Wildman–Crippen LogP) is 3.61. The van der Waals surface area contributed by atoms with Crippen molar-refractivity contribution in [3.05, 3.63) is 51.7 Å². The Hall–Kier alpha value is -2.85. The summed E-state index contributed by atoms with van der Waals surface area (Å²) in [7, 11) is 4.84. The lowest BCUT2D eigenvalue weighted by Gasteiger charge is -2.07. The molecule has 0 saturated carbocycles. The summed E-state index contributed by atoms with van der Waals surface area (Å²) in [4.78, 5) is 25.5. The number of esters is 1. The fraction of sp³-hybridized carbons (Fsp3) is 0.333. The molecule has 0 aliphatic carbocycles. The number of ether oxygens (including phenoxy) is 2. The van der Waals surface area contributed by atoms with Gasteiger partial charge < -0.3 is 19.4 Å². The number of aromatic nitrogens is 3. The Morgan fingerprint density at radius 2 is 1.87 bits per heavy atom. The molecule has 0 radical (unpaired) electrons. The maximum atomic E-state index is 12.5. The van der Waals surface area contributed by atoms with Crippen LogP contribution in [-0.4, -0.2) is 46.6 Å². The highest BCUT2D eigenvalue weighted by molar-refractivity contribution is 7.99. The molecule has 0 atom stereocenters. The third kappa shape index (κ3) is 5.26. The molecule has 31 heavy (non-hydrogen) atoms. The second kappa shape index (κ2) is 9.97. The number of hydrogen-bond acceptors (Lipinski definition) is 8. The van der Waals surface area contributed by atoms with Crippen LogP contribution >= 0.6 is 23.1 Å². The van der Waals surface area contributed by atoms with Gasteiger partial charge in [0.2, 0.25) is 5.91 Å². The first kappa shape index (κ1) is 22.8. The molecule has 0 unspecified atom stereocenters. The van der Waals surface area contributed by atoms with E-state index in [1.54, 1.807) is 7.11 Å². The van der Waals surface area contributed by atoms with Crippen LogP contribution in [0.2, 0.25) is 0 Å². The third-order valence-corrected chi connectivity index (χ3v) is 6.95. The van der Waals surface area contributed by atoms with Crippen LogP contribution in [-0.2, 0) is 23.0 Å². The number of anilines is 1. The van der Waals surface area contributed by atoms with E-state index in [-0.39, 0.29) is 11.7 Å². The Bertz CT molecular complexity index is 1090. The highest BCUT2D eigenvalue weighted by Gasteiger charge is 2.22. The van der Waals surface area contributed by atoms with Gasteiger partial charge in [-0.3, -0.25) is 4.79 Å².